The summed E-state index contributed by atoms with van der Waals surface area (Å²) in [6.07, 6.45) is 1.10. The van der Waals surface area contributed by atoms with Gasteiger partial charge in [0.2, 0.25) is 0 Å². The average molecular weight is 130 g/mol. The monoisotopic (exact) mass is 130 g/mol. The predicted octanol–water partition coefficient (Wildman–Crippen LogP) is 1.14. The first kappa shape index (κ1) is 8.92. The summed E-state index contributed by atoms with van der Waals surface area (Å²) in [5.41, 5.74) is 0. The minimum absolute atomic E-state index is 0.799. The highest BCUT2D eigenvalue weighted by atomic mass is 16.5. The second kappa shape index (κ2) is 6.05. The number of rotatable bonds is 5. The van der Waals surface area contributed by atoms with E-state index in [-0.39, 0.29) is 0 Å². The molecule has 0 saturated heterocycles. The molecular weight excluding hydrogens is 114 g/mol. The van der Waals surface area contributed by atoms with Crippen LogP contribution in [0, 0.1) is 7.05 Å². The van der Waals surface area contributed by atoms with E-state index in [9.17, 15) is 0 Å². The number of ether oxygens (including phenoxy) is 1. The maximum atomic E-state index is 5.21. The second-order valence-corrected chi connectivity index (χ2v) is 2.19. The fraction of sp³-hybridized carbons (Fsp3) is 0.857. The van der Waals surface area contributed by atoms with Gasteiger partial charge in [-0.2, -0.15) is 0 Å². The zero-order valence-corrected chi connectivity index (χ0v) is 6.39. The highest BCUT2D eigenvalue weighted by Crippen LogP contribution is 1.81. The molecule has 0 aliphatic heterocycles. The lowest BCUT2D eigenvalue weighted by Crippen LogP contribution is -2.16. The molecule has 0 saturated carbocycles. The summed E-state index contributed by atoms with van der Waals surface area (Å²) in [4.78, 5) is 1.87. The van der Waals surface area contributed by atoms with E-state index in [1.54, 1.807) is 0 Å². The van der Waals surface area contributed by atoms with Crippen LogP contribution in [0.2, 0.25) is 0 Å². The number of hydrogen-bond acceptors (Lipinski definition) is 2. The maximum Gasteiger partial charge on any atom is 0.0569 e. The van der Waals surface area contributed by atoms with Gasteiger partial charge in [-0.05, 0) is 20.0 Å². The van der Waals surface area contributed by atoms with Crippen molar-refractivity contribution in [3.05, 3.63) is 7.05 Å². The van der Waals surface area contributed by atoms with Crippen LogP contribution in [0.25, 0.3) is 0 Å². The third-order valence-electron chi connectivity index (χ3n) is 0.966. The quantitative estimate of drug-likeness (QED) is 0.408. The molecule has 0 amide bonds. The van der Waals surface area contributed by atoms with Crippen LogP contribution < -0.4 is 0 Å². The molecule has 0 N–H and O–H groups in total. The molecule has 0 radical (unpaired) electrons. The molecule has 2 nitrogen and oxygen atoms in total. The molecule has 0 unspecified atom stereocenters. The molecule has 9 heavy (non-hydrogen) atoms. The van der Waals surface area contributed by atoms with Gasteiger partial charge in [0.1, 0.15) is 0 Å². The zero-order valence-electron chi connectivity index (χ0n) is 6.39. The molecular formula is C7H16NO-. The van der Waals surface area contributed by atoms with Crippen LogP contribution in [0.4, 0.5) is 0 Å². The highest BCUT2D eigenvalue weighted by Gasteiger charge is 1.83. The van der Waals surface area contributed by atoms with Gasteiger partial charge in [0.15, 0.2) is 0 Å². The Labute approximate surface area is 57.8 Å². The first-order valence-corrected chi connectivity index (χ1v) is 3.36. The minimum Gasteiger partial charge on any atom is -0.460 e. The molecule has 0 spiro atoms. The third kappa shape index (κ3) is 7.92. The normalized spacial score (nSPS) is 10.7. The van der Waals surface area contributed by atoms with Crippen molar-refractivity contribution in [3.8, 4) is 0 Å². The molecule has 0 rings (SSSR count). The van der Waals surface area contributed by atoms with E-state index < -0.39 is 0 Å². The molecule has 2 heteroatoms. The first-order chi connectivity index (χ1) is 4.27. The van der Waals surface area contributed by atoms with Crippen molar-refractivity contribution in [1.82, 2.24) is 4.90 Å². The molecule has 0 atom stereocenters. The lowest BCUT2D eigenvalue weighted by Gasteiger charge is -2.16. The number of likely N-dealkylation sites (N-methyl/N-ethyl adjacent to an activating group) is 1. The summed E-state index contributed by atoms with van der Waals surface area (Å²) in [7, 11) is 5.63. The minimum atomic E-state index is 0.799. The van der Waals surface area contributed by atoms with E-state index in [0.29, 0.717) is 0 Å². The molecule has 0 aliphatic rings. The van der Waals surface area contributed by atoms with Gasteiger partial charge in [-0.3, -0.25) is 7.05 Å². The SMILES string of the molecule is [CH2-]N(C)CCOCCC. The summed E-state index contributed by atoms with van der Waals surface area (Å²) in [5, 5.41) is 0. The van der Waals surface area contributed by atoms with Crippen molar-refractivity contribution in [2.75, 3.05) is 26.8 Å². The fourth-order valence-corrected chi connectivity index (χ4v) is 0.467. The Balaban J connectivity index is 2.75. The van der Waals surface area contributed by atoms with Crippen molar-refractivity contribution in [3.63, 3.8) is 0 Å². The van der Waals surface area contributed by atoms with Crippen LogP contribution in [-0.4, -0.2) is 31.7 Å². The van der Waals surface area contributed by atoms with Crippen molar-refractivity contribution < 1.29 is 4.74 Å². The maximum absolute atomic E-state index is 5.21. The van der Waals surface area contributed by atoms with Gasteiger partial charge in [-0.15, -0.1) is 0 Å². The zero-order chi connectivity index (χ0) is 7.11. The lowest BCUT2D eigenvalue weighted by atomic mass is 10.5. The Morgan fingerprint density at radius 3 is 2.56 bits per heavy atom. The summed E-state index contributed by atoms with van der Waals surface area (Å²) in [5.74, 6) is 0. The Morgan fingerprint density at radius 1 is 1.44 bits per heavy atom. The summed E-state index contributed by atoms with van der Waals surface area (Å²) < 4.78 is 5.21. The van der Waals surface area contributed by atoms with Gasteiger partial charge in [-0.1, -0.05) is 6.92 Å². The van der Waals surface area contributed by atoms with Crippen molar-refractivity contribution in [1.29, 1.82) is 0 Å². The van der Waals surface area contributed by atoms with Crippen LogP contribution in [0.15, 0.2) is 0 Å². The van der Waals surface area contributed by atoms with Gasteiger partial charge in [0.05, 0.1) is 6.61 Å². The Bertz CT molecular complexity index is 54.9. The Morgan fingerprint density at radius 2 is 2.11 bits per heavy atom. The van der Waals surface area contributed by atoms with Crippen LogP contribution >= 0.6 is 0 Å². The molecule has 56 valence electrons. The summed E-state index contributed by atoms with van der Waals surface area (Å²) in [6, 6.07) is 0. The fourth-order valence-electron chi connectivity index (χ4n) is 0.467. The number of nitrogens with zero attached hydrogens (tertiary/aromatic N) is 1. The topological polar surface area (TPSA) is 12.5 Å². The first-order valence-electron chi connectivity index (χ1n) is 3.36. The van der Waals surface area contributed by atoms with Crippen LogP contribution in [0.3, 0.4) is 0 Å². The smallest absolute Gasteiger partial charge is 0.0569 e. The van der Waals surface area contributed by atoms with Crippen molar-refractivity contribution >= 4 is 0 Å². The van der Waals surface area contributed by atoms with Crippen LogP contribution in [0.5, 0.6) is 0 Å². The predicted molar refractivity (Wildman–Crippen MR) is 39.1 cm³/mol. The van der Waals surface area contributed by atoms with Crippen LogP contribution in [0.1, 0.15) is 13.3 Å². The van der Waals surface area contributed by atoms with Gasteiger partial charge in [-0.25, -0.2) is 0 Å². The molecule has 0 aliphatic carbocycles. The summed E-state index contributed by atoms with van der Waals surface area (Å²) in [6.45, 7) is 4.69. The molecule has 0 aromatic carbocycles. The van der Waals surface area contributed by atoms with E-state index >= 15 is 0 Å². The Kier molecular flexibility index (Phi) is 5.99. The van der Waals surface area contributed by atoms with E-state index in [1.807, 2.05) is 11.9 Å². The van der Waals surface area contributed by atoms with E-state index in [2.05, 4.69) is 14.0 Å². The molecule has 0 fully saturated rings. The standard InChI is InChI=1S/C7H16NO/c1-4-6-9-7-5-8(2)3/h2,4-7H2,1,3H3/q-1. The second-order valence-electron chi connectivity index (χ2n) is 2.19. The lowest BCUT2D eigenvalue weighted by molar-refractivity contribution is 0.121. The van der Waals surface area contributed by atoms with E-state index in [0.717, 1.165) is 26.2 Å². The average Bonchev–Trinajstić information content (AvgIpc) is 1.80. The van der Waals surface area contributed by atoms with Gasteiger partial charge in [0.25, 0.3) is 0 Å². The van der Waals surface area contributed by atoms with E-state index in [1.165, 1.54) is 0 Å². The van der Waals surface area contributed by atoms with Gasteiger partial charge in [0, 0.05) is 6.61 Å². The highest BCUT2D eigenvalue weighted by molar-refractivity contribution is 4.43. The molecule has 0 heterocycles. The van der Waals surface area contributed by atoms with Crippen molar-refractivity contribution in [2.24, 2.45) is 0 Å². The van der Waals surface area contributed by atoms with Crippen LogP contribution in [-0.2, 0) is 4.74 Å². The van der Waals surface area contributed by atoms with Crippen molar-refractivity contribution in [2.45, 2.75) is 13.3 Å². The van der Waals surface area contributed by atoms with Gasteiger partial charge >= 0.3 is 0 Å². The third-order valence-corrected chi connectivity index (χ3v) is 0.966. The summed E-state index contributed by atoms with van der Waals surface area (Å²) >= 11 is 0. The van der Waals surface area contributed by atoms with Gasteiger partial charge < -0.3 is 9.64 Å². The molecule has 0 bridgehead atoms. The molecule has 0 aromatic rings. The molecule has 0 aromatic heterocycles. The van der Waals surface area contributed by atoms with E-state index in [4.69, 9.17) is 4.74 Å². The Hall–Kier alpha value is -0.0800. The number of hydrogen-bond donors (Lipinski definition) is 0. The largest absolute Gasteiger partial charge is 0.460 e.